The number of hydrogen-bond acceptors (Lipinski definition) is 5. The largest absolute Gasteiger partial charge is 0.497 e. The first-order valence-electron chi connectivity index (χ1n) is 5.67. The average molecular weight is 253 g/mol. The number of carbonyl (C=O) groups excluding carboxylic acids is 1. The maximum absolute atomic E-state index is 12.0. The van der Waals surface area contributed by atoms with E-state index in [2.05, 4.69) is 5.32 Å². The summed E-state index contributed by atoms with van der Waals surface area (Å²) in [5.74, 6) is 1.16. The van der Waals surface area contributed by atoms with Gasteiger partial charge in [-0.1, -0.05) is 0 Å². The Morgan fingerprint density at radius 1 is 1.22 bits per heavy atom. The van der Waals surface area contributed by atoms with Crippen LogP contribution in [0.15, 0.2) is 18.2 Å². The highest BCUT2D eigenvalue weighted by Crippen LogP contribution is 2.24. The van der Waals surface area contributed by atoms with Crippen molar-refractivity contribution in [3.8, 4) is 11.5 Å². The molecule has 1 aromatic carbocycles. The predicted octanol–water partition coefficient (Wildman–Crippen LogP) is 1.12. The molecule has 0 bridgehead atoms. The van der Waals surface area contributed by atoms with Crippen LogP contribution >= 0.6 is 0 Å². The van der Waals surface area contributed by atoms with Crippen molar-refractivity contribution in [1.82, 2.24) is 5.32 Å². The summed E-state index contributed by atoms with van der Waals surface area (Å²) >= 11 is 0. The Balaban J connectivity index is 2.66. The zero-order valence-corrected chi connectivity index (χ0v) is 11.0. The molecule has 0 heterocycles. The van der Waals surface area contributed by atoms with E-state index in [4.69, 9.17) is 14.2 Å². The van der Waals surface area contributed by atoms with Crippen LogP contribution in [0.2, 0.25) is 0 Å². The van der Waals surface area contributed by atoms with Crippen molar-refractivity contribution in [3.63, 3.8) is 0 Å². The van der Waals surface area contributed by atoms with Gasteiger partial charge in [-0.25, -0.2) is 0 Å². The summed E-state index contributed by atoms with van der Waals surface area (Å²) in [6.07, 6.45) is 0. The SMILES string of the molecule is COCCNCC(=O)c1ccc(OC)cc1OC. The molecule has 0 aliphatic heterocycles. The summed E-state index contributed by atoms with van der Waals surface area (Å²) in [5, 5.41) is 3.00. The topological polar surface area (TPSA) is 56.8 Å². The second-order valence-corrected chi connectivity index (χ2v) is 3.66. The zero-order valence-electron chi connectivity index (χ0n) is 11.0. The second-order valence-electron chi connectivity index (χ2n) is 3.66. The lowest BCUT2D eigenvalue weighted by molar-refractivity contribution is 0.0984. The van der Waals surface area contributed by atoms with Gasteiger partial charge in [-0.15, -0.1) is 0 Å². The number of nitrogens with one attached hydrogen (secondary N) is 1. The smallest absolute Gasteiger partial charge is 0.180 e. The van der Waals surface area contributed by atoms with Crippen LogP contribution in [0.1, 0.15) is 10.4 Å². The molecule has 0 unspecified atom stereocenters. The van der Waals surface area contributed by atoms with Crippen molar-refractivity contribution in [2.75, 3.05) is 41.0 Å². The van der Waals surface area contributed by atoms with E-state index in [9.17, 15) is 4.79 Å². The van der Waals surface area contributed by atoms with Crippen molar-refractivity contribution < 1.29 is 19.0 Å². The Hall–Kier alpha value is -1.59. The van der Waals surface area contributed by atoms with Crippen molar-refractivity contribution in [2.24, 2.45) is 0 Å². The summed E-state index contributed by atoms with van der Waals surface area (Å²) in [6.45, 7) is 1.47. The standard InChI is InChI=1S/C13H19NO4/c1-16-7-6-14-9-12(15)11-5-4-10(17-2)8-13(11)18-3/h4-5,8,14H,6-7,9H2,1-3H3. The lowest BCUT2D eigenvalue weighted by Gasteiger charge is -2.10. The molecule has 0 amide bonds. The molecular formula is C13H19NO4. The number of ketones is 1. The Morgan fingerprint density at radius 2 is 2.00 bits per heavy atom. The number of ether oxygens (including phenoxy) is 3. The summed E-state index contributed by atoms with van der Waals surface area (Å²) < 4.78 is 15.2. The molecule has 0 fully saturated rings. The molecule has 18 heavy (non-hydrogen) atoms. The first-order valence-corrected chi connectivity index (χ1v) is 5.67. The summed E-state index contributed by atoms with van der Waals surface area (Å²) in [7, 11) is 4.72. The first-order chi connectivity index (χ1) is 8.72. The van der Waals surface area contributed by atoms with E-state index in [0.29, 0.717) is 30.2 Å². The number of Topliss-reactive ketones (excluding diaryl/α,β-unsaturated/α-hetero) is 1. The number of benzene rings is 1. The molecule has 0 aromatic heterocycles. The van der Waals surface area contributed by atoms with Crippen LogP contribution in [-0.4, -0.2) is 46.8 Å². The van der Waals surface area contributed by atoms with Gasteiger partial charge in [0, 0.05) is 19.7 Å². The summed E-state index contributed by atoms with van der Waals surface area (Å²) in [5.41, 5.74) is 0.545. The van der Waals surface area contributed by atoms with Gasteiger partial charge in [-0.05, 0) is 12.1 Å². The fourth-order valence-corrected chi connectivity index (χ4v) is 1.50. The molecule has 0 atom stereocenters. The zero-order chi connectivity index (χ0) is 13.4. The van der Waals surface area contributed by atoms with Crippen LogP contribution in [0.25, 0.3) is 0 Å². The van der Waals surface area contributed by atoms with Crippen LogP contribution in [0.3, 0.4) is 0 Å². The Bertz CT molecular complexity index is 393. The van der Waals surface area contributed by atoms with Crippen molar-refractivity contribution >= 4 is 5.78 Å². The molecule has 100 valence electrons. The molecule has 1 N–H and O–H groups in total. The third kappa shape index (κ3) is 4.01. The Labute approximate surface area is 107 Å². The Kier molecular flexibility index (Phi) is 6.18. The normalized spacial score (nSPS) is 10.2. The van der Waals surface area contributed by atoms with Gasteiger partial charge in [0.05, 0.1) is 32.9 Å². The summed E-state index contributed by atoms with van der Waals surface area (Å²) in [6, 6.07) is 5.14. The third-order valence-corrected chi connectivity index (χ3v) is 2.48. The first kappa shape index (κ1) is 14.5. The minimum Gasteiger partial charge on any atom is -0.497 e. The molecule has 1 aromatic rings. The minimum absolute atomic E-state index is 0.0226. The van der Waals surface area contributed by atoms with Gasteiger partial charge >= 0.3 is 0 Å². The molecule has 0 saturated carbocycles. The van der Waals surface area contributed by atoms with Crippen molar-refractivity contribution in [3.05, 3.63) is 23.8 Å². The highest BCUT2D eigenvalue weighted by atomic mass is 16.5. The fraction of sp³-hybridized carbons (Fsp3) is 0.462. The third-order valence-electron chi connectivity index (χ3n) is 2.48. The molecule has 0 saturated heterocycles. The van der Waals surface area contributed by atoms with Crippen LogP contribution in [-0.2, 0) is 4.74 Å². The Morgan fingerprint density at radius 3 is 2.61 bits per heavy atom. The molecule has 0 aliphatic rings. The molecular weight excluding hydrogens is 234 g/mol. The van der Waals surface area contributed by atoms with E-state index in [1.165, 1.54) is 7.11 Å². The minimum atomic E-state index is -0.0226. The molecule has 5 nitrogen and oxygen atoms in total. The van der Waals surface area contributed by atoms with Crippen LogP contribution in [0.4, 0.5) is 0 Å². The lowest BCUT2D eigenvalue weighted by atomic mass is 10.1. The molecule has 0 radical (unpaired) electrons. The van der Waals surface area contributed by atoms with Gasteiger partial charge in [-0.2, -0.15) is 0 Å². The van der Waals surface area contributed by atoms with E-state index in [1.807, 2.05) is 0 Å². The lowest BCUT2D eigenvalue weighted by Crippen LogP contribution is -2.26. The van der Waals surface area contributed by atoms with Gasteiger partial charge in [0.1, 0.15) is 11.5 Å². The van der Waals surface area contributed by atoms with Gasteiger partial charge in [0.15, 0.2) is 5.78 Å². The molecule has 5 heteroatoms. The molecule has 1 rings (SSSR count). The second kappa shape index (κ2) is 7.68. The highest BCUT2D eigenvalue weighted by Gasteiger charge is 2.12. The van der Waals surface area contributed by atoms with Crippen molar-refractivity contribution in [1.29, 1.82) is 0 Å². The highest BCUT2D eigenvalue weighted by molar-refractivity contribution is 6.00. The van der Waals surface area contributed by atoms with Gasteiger partial charge in [-0.3, -0.25) is 4.79 Å². The maximum Gasteiger partial charge on any atom is 0.180 e. The maximum atomic E-state index is 12.0. The number of methoxy groups -OCH3 is 3. The predicted molar refractivity (Wildman–Crippen MR) is 68.6 cm³/mol. The van der Waals surface area contributed by atoms with E-state index < -0.39 is 0 Å². The van der Waals surface area contributed by atoms with Gasteiger partial charge in [0.25, 0.3) is 0 Å². The number of hydrogen-bond donors (Lipinski definition) is 1. The van der Waals surface area contributed by atoms with Crippen LogP contribution in [0, 0.1) is 0 Å². The van der Waals surface area contributed by atoms with E-state index in [-0.39, 0.29) is 12.3 Å². The van der Waals surface area contributed by atoms with Crippen LogP contribution in [0.5, 0.6) is 11.5 Å². The van der Waals surface area contributed by atoms with Crippen molar-refractivity contribution in [2.45, 2.75) is 0 Å². The van der Waals surface area contributed by atoms with E-state index in [1.54, 1.807) is 32.4 Å². The average Bonchev–Trinajstić information content (AvgIpc) is 2.42. The summed E-state index contributed by atoms with van der Waals surface area (Å²) in [4.78, 5) is 12.0. The molecule has 0 spiro atoms. The molecule has 0 aliphatic carbocycles. The van der Waals surface area contributed by atoms with Crippen LogP contribution < -0.4 is 14.8 Å². The quantitative estimate of drug-likeness (QED) is 0.556. The fourth-order valence-electron chi connectivity index (χ4n) is 1.50. The van der Waals surface area contributed by atoms with E-state index >= 15 is 0 Å². The van der Waals surface area contributed by atoms with Gasteiger partial charge in [0.2, 0.25) is 0 Å². The number of carbonyl (C=O) groups is 1. The van der Waals surface area contributed by atoms with E-state index in [0.717, 1.165) is 0 Å². The van der Waals surface area contributed by atoms with Gasteiger partial charge < -0.3 is 19.5 Å². The monoisotopic (exact) mass is 253 g/mol. The number of rotatable bonds is 8.